The first-order valence-electron chi connectivity index (χ1n) is 5.78. The zero-order valence-corrected chi connectivity index (χ0v) is 10.4. The zero-order chi connectivity index (χ0) is 11.8. The third kappa shape index (κ3) is 4.60. The van der Waals surface area contributed by atoms with E-state index in [-0.39, 0.29) is 0 Å². The third-order valence-electron chi connectivity index (χ3n) is 2.58. The molecule has 0 aromatic heterocycles. The Morgan fingerprint density at radius 3 is 2.44 bits per heavy atom. The van der Waals surface area contributed by atoms with Crippen molar-refractivity contribution in [2.45, 2.75) is 13.0 Å². The Balaban J connectivity index is 2.47. The van der Waals surface area contributed by atoms with Gasteiger partial charge in [0, 0.05) is 13.1 Å². The van der Waals surface area contributed by atoms with Crippen LogP contribution in [0.4, 0.5) is 0 Å². The molecule has 1 aromatic carbocycles. The lowest BCUT2D eigenvalue weighted by atomic mass is 10.1. The molecule has 0 bridgehead atoms. The maximum Gasteiger partial charge on any atom is 0.0233 e. The highest BCUT2D eigenvalue weighted by molar-refractivity contribution is 5.22. The van der Waals surface area contributed by atoms with Gasteiger partial charge in [-0.05, 0) is 38.2 Å². The fourth-order valence-corrected chi connectivity index (χ4v) is 1.68. The molecule has 1 aromatic rings. The minimum atomic E-state index is 0.932. The number of hydrogen-bond acceptors (Lipinski definition) is 2. The number of benzene rings is 1. The van der Waals surface area contributed by atoms with Crippen molar-refractivity contribution in [3.63, 3.8) is 0 Å². The highest BCUT2D eigenvalue weighted by Crippen LogP contribution is 2.07. The summed E-state index contributed by atoms with van der Waals surface area (Å²) in [5.74, 6) is 0. The van der Waals surface area contributed by atoms with Crippen molar-refractivity contribution >= 4 is 0 Å². The summed E-state index contributed by atoms with van der Waals surface area (Å²) in [6.45, 7) is 6.70. The Labute approximate surface area is 99.0 Å². The lowest BCUT2D eigenvalue weighted by molar-refractivity contribution is 0.363. The molecule has 88 valence electrons. The van der Waals surface area contributed by atoms with E-state index in [0.29, 0.717) is 0 Å². The van der Waals surface area contributed by atoms with Crippen LogP contribution in [0.3, 0.4) is 0 Å². The first kappa shape index (κ1) is 12.9. The molecule has 16 heavy (non-hydrogen) atoms. The van der Waals surface area contributed by atoms with Crippen LogP contribution in [-0.4, -0.2) is 32.1 Å². The molecule has 1 rings (SSSR count). The van der Waals surface area contributed by atoms with E-state index in [1.54, 1.807) is 0 Å². The predicted molar refractivity (Wildman–Crippen MR) is 70.6 cm³/mol. The zero-order valence-electron chi connectivity index (χ0n) is 10.4. The van der Waals surface area contributed by atoms with Crippen LogP contribution >= 0.6 is 0 Å². The second kappa shape index (κ2) is 7.20. The van der Waals surface area contributed by atoms with E-state index in [2.05, 4.69) is 48.1 Å². The molecular formula is C14H22N2. The SMILES string of the molecule is C=CCN(C)Cc1ccc(CCNC)cc1. The van der Waals surface area contributed by atoms with Crippen LogP contribution in [0.25, 0.3) is 0 Å². The van der Waals surface area contributed by atoms with Gasteiger partial charge in [0.1, 0.15) is 0 Å². The van der Waals surface area contributed by atoms with E-state index in [9.17, 15) is 0 Å². The van der Waals surface area contributed by atoms with Gasteiger partial charge < -0.3 is 5.32 Å². The Kier molecular flexibility index (Phi) is 5.83. The highest BCUT2D eigenvalue weighted by atomic mass is 15.1. The summed E-state index contributed by atoms with van der Waals surface area (Å²) in [6.07, 6.45) is 3.03. The first-order valence-corrected chi connectivity index (χ1v) is 5.78. The van der Waals surface area contributed by atoms with Crippen LogP contribution in [0.5, 0.6) is 0 Å². The monoisotopic (exact) mass is 218 g/mol. The Hall–Kier alpha value is -1.12. The van der Waals surface area contributed by atoms with Gasteiger partial charge in [-0.2, -0.15) is 0 Å². The van der Waals surface area contributed by atoms with Crippen molar-refractivity contribution in [2.24, 2.45) is 0 Å². The minimum absolute atomic E-state index is 0.932. The largest absolute Gasteiger partial charge is 0.319 e. The smallest absolute Gasteiger partial charge is 0.0233 e. The van der Waals surface area contributed by atoms with E-state index < -0.39 is 0 Å². The van der Waals surface area contributed by atoms with Crippen LogP contribution in [0, 0.1) is 0 Å². The number of nitrogens with one attached hydrogen (secondary N) is 1. The molecule has 0 fully saturated rings. The molecule has 0 spiro atoms. The number of nitrogens with zero attached hydrogens (tertiary/aromatic N) is 1. The summed E-state index contributed by atoms with van der Waals surface area (Å²) >= 11 is 0. The molecule has 2 nitrogen and oxygen atoms in total. The van der Waals surface area contributed by atoms with Gasteiger partial charge in [-0.1, -0.05) is 30.3 Å². The maximum atomic E-state index is 3.74. The fourth-order valence-electron chi connectivity index (χ4n) is 1.68. The molecule has 0 aliphatic carbocycles. The van der Waals surface area contributed by atoms with Gasteiger partial charge in [-0.25, -0.2) is 0 Å². The van der Waals surface area contributed by atoms with Crippen molar-refractivity contribution in [2.75, 3.05) is 27.2 Å². The standard InChI is InChI=1S/C14H22N2/c1-4-11-16(3)12-14-7-5-13(6-8-14)9-10-15-2/h4-8,15H,1,9-12H2,2-3H3. The third-order valence-corrected chi connectivity index (χ3v) is 2.58. The van der Waals surface area contributed by atoms with E-state index in [0.717, 1.165) is 26.1 Å². The Bertz CT molecular complexity index is 303. The van der Waals surface area contributed by atoms with Crippen molar-refractivity contribution in [1.82, 2.24) is 10.2 Å². The molecule has 0 saturated carbocycles. The average Bonchev–Trinajstić information content (AvgIpc) is 2.28. The Morgan fingerprint density at radius 1 is 1.25 bits per heavy atom. The number of hydrogen-bond donors (Lipinski definition) is 1. The number of likely N-dealkylation sites (N-methyl/N-ethyl adjacent to an activating group) is 2. The van der Waals surface area contributed by atoms with E-state index in [1.807, 2.05) is 13.1 Å². The van der Waals surface area contributed by atoms with Crippen molar-refractivity contribution in [3.05, 3.63) is 48.0 Å². The Morgan fingerprint density at radius 2 is 1.88 bits per heavy atom. The molecule has 0 heterocycles. The first-order chi connectivity index (χ1) is 7.76. The second-order valence-electron chi connectivity index (χ2n) is 4.16. The van der Waals surface area contributed by atoms with Gasteiger partial charge in [0.25, 0.3) is 0 Å². The molecule has 0 radical (unpaired) electrons. The van der Waals surface area contributed by atoms with E-state index in [4.69, 9.17) is 0 Å². The molecule has 2 heteroatoms. The number of rotatable bonds is 7. The van der Waals surface area contributed by atoms with Crippen LogP contribution in [0.15, 0.2) is 36.9 Å². The van der Waals surface area contributed by atoms with Crippen LogP contribution in [-0.2, 0) is 13.0 Å². The van der Waals surface area contributed by atoms with Crippen LogP contribution in [0.1, 0.15) is 11.1 Å². The molecule has 0 unspecified atom stereocenters. The lowest BCUT2D eigenvalue weighted by Gasteiger charge is -2.14. The minimum Gasteiger partial charge on any atom is -0.319 e. The van der Waals surface area contributed by atoms with Crippen molar-refractivity contribution in [3.8, 4) is 0 Å². The van der Waals surface area contributed by atoms with Gasteiger partial charge in [0.05, 0.1) is 0 Å². The van der Waals surface area contributed by atoms with Crippen LogP contribution in [0.2, 0.25) is 0 Å². The molecule has 0 amide bonds. The molecule has 0 saturated heterocycles. The molecular weight excluding hydrogens is 196 g/mol. The summed E-state index contributed by atoms with van der Waals surface area (Å²) in [5, 5.41) is 3.16. The van der Waals surface area contributed by atoms with Gasteiger partial charge >= 0.3 is 0 Å². The lowest BCUT2D eigenvalue weighted by Crippen LogP contribution is -2.17. The molecule has 1 N–H and O–H groups in total. The van der Waals surface area contributed by atoms with Gasteiger partial charge in [0.15, 0.2) is 0 Å². The van der Waals surface area contributed by atoms with E-state index >= 15 is 0 Å². The van der Waals surface area contributed by atoms with Crippen LogP contribution < -0.4 is 5.32 Å². The topological polar surface area (TPSA) is 15.3 Å². The summed E-state index contributed by atoms with van der Waals surface area (Å²) in [7, 11) is 4.09. The molecule has 0 aliphatic heterocycles. The average molecular weight is 218 g/mol. The summed E-state index contributed by atoms with van der Waals surface area (Å²) in [5.41, 5.74) is 2.75. The van der Waals surface area contributed by atoms with Crippen molar-refractivity contribution in [1.29, 1.82) is 0 Å². The predicted octanol–water partition coefficient (Wildman–Crippen LogP) is 2.07. The van der Waals surface area contributed by atoms with Gasteiger partial charge in [0.2, 0.25) is 0 Å². The summed E-state index contributed by atoms with van der Waals surface area (Å²) < 4.78 is 0. The second-order valence-corrected chi connectivity index (χ2v) is 4.16. The molecule has 0 atom stereocenters. The normalized spacial score (nSPS) is 10.7. The summed E-state index contributed by atoms with van der Waals surface area (Å²) in [6, 6.07) is 8.86. The maximum absolute atomic E-state index is 3.74. The van der Waals surface area contributed by atoms with Gasteiger partial charge in [-0.15, -0.1) is 6.58 Å². The van der Waals surface area contributed by atoms with E-state index in [1.165, 1.54) is 11.1 Å². The quantitative estimate of drug-likeness (QED) is 0.705. The van der Waals surface area contributed by atoms with Gasteiger partial charge in [-0.3, -0.25) is 4.90 Å². The highest BCUT2D eigenvalue weighted by Gasteiger charge is 1.98. The molecule has 0 aliphatic rings. The summed E-state index contributed by atoms with van der Waals surface area (Å²) in [4.78, 5) is 2.25. The fraction of sp³-hybridized carbons (Fsp3) is 0.429. The van der Waals surface area contributed by atoms with Crippen molar-refractivity contribution < 1.29 is 0 Å².